The normalized spacial score (nSPS) is 11.1. The van der Waals surface area contributed by atoms with Gasteiger partial charge in [0.2, 0.25) is 0 Å². The van der Waals surface area contributed by atoms with Crippen molar-refractivity contribution in [1.29, 1.82) is 0 Å². The molecule has 0 radical (unpaired) electrons. The third-order valence-electron chi connectivity index (χ3n) is 2.45. The lowest BCUT2D eigenvalue weighted by atomic mass is 10.4. The van der Waals surface area contributed by atoms with E-state index in [9.17, 15) is 0 Å². The molecule has 4 nitrogen and oxygen atoms in total. The predicted molar refractivity (Wildman–Crippen MR) is 73.9 cm³/mol. The van der Waals surface area contributed by atoms with Crippen molar-refractivity contribution in [3.63, 3.8) is 0 Å². The Hall–Kier alpha value is -0.650. The highest BCUT2D eigenvalue weighted by Crippen LogP contribution is 2.20. The Morgan fingerprint density at radius 1 is 1.53 bits per heavy atom. The highest BCUT2D eigenvalue weighted by Gasteiger charge is 2.09. The Bertz CT molecular complexity index is 314. The number of anilines is 1. The molecule has 0 bridgehead atoms. The van der Waals surface area contributed by atoms with Gasteiger partial charge in [-0.05, 0) is 6.92 Å². The first-order chi connectivity index (χ1) is 8.17. The molecule has 0 saturated heterocycles. The maximum absolute atomic E-state index is 5.10. The van der Waals surface area contributed by atoms with Crippen molar-refractivity contribution in [3.05, 3.63) is 11.1 Å². The van der Waals surface area contributed by atoms with Gasteiger partial charge in [0.15, 0.2) is 5.13 Å². The van der Waals surface area contributed by atoms with Crippen molar-refractivity contribution >= 4 is 16.5 Å². The Labute approximate surface area is 108 Å². The molecule has 0 aliphatic carbocycles. The molecule has 0 fully saturated rings. The zero-order valence-electron chi connectivity index (χ0n) is 11.2. The molecular weight excluding hydrogens is 234 g/mol. The molecule has 0 aromatic carbocycles. The van der Waals surface area contributed by atoms with Gasteiger partial charge in [0.25, 0.3) is 0 Å². The third-order valence-corrected chi connectivity index (χ3v) is 3.40. The summed E-state index contributed by atoms with van der Waals surface area (Å²) >= 11 is 1.70. The zero-order chi connectivity index (χ0) is 12.7. The fraction of sp³-hybridized carbons (Fsp3) is 0.750. The lowest BCUT2D eigenvalue weighted by molar-refractivity contribution is 0.205. The van der Waals surface area contributed by atoms with Crippen molar-refractivity contribution < 1.29 is 4.74 Å². The quantitative estimate of drug-likeness (QED) is 0.774. The maximum Gasteiger partial charge on any atom is 0.185 e. The molecule has 0 unspecified atom stereocenters. The first-order valence-electron chi connectivity index (χ1n) is 6.09. The van der Waals surface area contributed by atoms with Gasteiger partial charge in [-0.3, -0.25) is 0 Å². The lowest BCUT2D eigenvalue weighted by Crippen LogP contribution is -2.27. The summed E-state index contributed by atoms with van der Waals surface area (Å²) in [5.41, 5.74) is 1.12. The van der Waals surface area contributed by atoms with E-state index < -0.39 is 0 Å². The van der Waals surface area contributed by atoms with Crippen LogP contribution in [0.3, 0.4) is 0 Å². The number of thiazole rings is 1. The van der Waals surface area contributed by atoms with Gasteiger partial charge in [0.1, 0.15) is 0 Å². The van der Waals surface area contributed by atoms with Crippen LogP contribution in [-0.2, 0) is 11.3 Å². The summed E-state index contributed by atoms with van der Waals surface area (Å²) in [6.45, 7) is 9.88. The molecule has 1 heterocycles. The van der Waals surface area contributed by atoms with Crippen LogP contribution in [0.15, 0.2) is 5.38 Å². The van der Waals surface area contributed by atoms with Gasteiger partial charge in [-0.2, -0.15) is 0 Å². The van der Waals surface area contributed by atoms with E-state index in [0.717, 1.165) is 37.1 Å². The fourth-order valence-electron chi connectivity index (χ4n) is 1.42. The summed E-state index contributed by atoms with van der Waals surface area (Å²) in [4.78, 5) is 6.88. The number of methoxy groups -OCH3 is 1. The van der Waals surface area contributed by atoms with E-state index in [0.29, 0.717) is 6.04 Å². The van der Waals surface area contributed by atoms with Gasteiger partial charge in [-0.15, -0.1) is 11.3 Å². The van der Waals surface area contributed by atoms with Gasteiger partial charge in [-0.1, -0.05) is 13.8 Å². The number of aromatic nitrogens is 1. The van der Waals surface area contributed by atoms with Crippen LogP contribution in [0.25, 0.3) is 0 Å². The predicted octanol–water partition coefficient (Wildman–Crippen LogP) is 2.11. The minimum atomic E-state index is 0.496. The molecule has 1 rings (SSSR count). The molecule has 1 aromatic rings. The SMILES string of the molecule is CCN(CCOC)c1nc(CNC(C)C)cs1. The second-order valence-electron chi connectivity index (χ2n) is 4.23. The number of hydrogen-bond donors (Lipinski definition) is 1. The Morgan fingerprint density at radius 2 is 2.29 bits per heavy atom. The van der Waals surface area contributed by atoms with Crippen LogP contribution in [-0.4, -0.2) is 37.8 Å². The second-order valence-corrected chi connectivity index (χ2v) is 5.07. The summed E-state index contributed by atoms with van der Waals surface area (Å²) in [6.07, 6.45) is 0. The van der Waals surface area contributed by atoms with Gasteiger partial charge in [-0.25, -0.2) is 4.98 Å². The van der Waals surface area contributed by atoms with Gasteiger partial charge >= 0.3 is 0 Å². The molecule has 0 atom stereocenters. The smallest absolute Gasteiger partial charge is 0.185 e. The number of hydrogen-bond acceptors (Lipinski definition) is 5. The topological polar surface area (TPSA) is 37.4 Å². The first kappa shape index (κ1) is 14.4. The van der Waals surface area contributed by atoms with E-state index in [4.69, 9.17) is 4.74 Å². The van der Waals surface area contributed by atoms with E-state index in [1.165, 1.54) is 0 Å². The summed E-state index contributed by atoms with van der Waals surface area (Å²) in [5, 5.41) is 6.59. The second kappa shape index (κ2) is 7.63. The summed E-state index contributed by atoms with van der Waals surface area (Å²) in [7, 11) is 1.73. The summed E-state index contributed by atoms with van der Waals surface area (Å²) < 4.78 is 5.10. The number of likely N-dealkylation sites (N-methyl/N-ethyl adjacent to an activating group) is 1. The Morgan fingerprint density at radius 3 is 2.88 bits per heavy atom. The molecular formula is C12H23N3OS. The van der Waals surface area contributed by atoms with E-state index in [1.54, 1.807) is 18.4 Å². The number of ether oxygens (including phenoxy) is 1. The van der Waals surface area contributed by atoms with Crippen molar-refractivity contribution in [2.24, 2.45) is 0 Å². The summed E-state index contributed by atoms with van der Waals surface area (Å²) in [5.74, 6) is 0. The van der Waals surface area contributed by atoms with Crippen molar-refractivity contribution in [1.82, 2.24) is 10.3 Å². The van der Waals surface area contributed by atoms with Crippen LogP contribution in [0.2, 0.25) is 0 Å². The molecule has 98 valence electrons. The number of rotatable bonds is 8. The lowest BCUT2D eigenvalue weighted by Gasteiger charge is -2.18. The van der Waals surface area contributed by atoms with Crippen LogP contribution in [0, 0.1) is 0 Å². The van der Waals surface area contributed by atoms with E-state index >= 15 is 0 Å². The monoisotopic (exact) mass is 257 g/mol. The third kappa shape index (κ3) is 5.02. The molecule has 0 saturated carbocycles. The maximum atomic E-state index is 5.10. The van der Waals surface area contributed by atoms with Crippen LogP contribution in [0.4, 0.5) is 5.13 Å². The van der Waals surface area contributed by atoms with Crippen molar-refractivity contribution in [2.75, 3.05) is 31.7 Å². The minimum absolute atomic E-state index is 0.496. The molecule has 1 N–H and O–H groups in total. The fourth-order valence-corrected chi connectivity index (χ4v) is 2.34. The minimum Gasteiger partial charge on any atom is -0.383 e. The zero-order valence-corrected chi connectivity index (χ0v) is 12.0. The number of nitrogens with zero attached hydrogens (tertiary/aromatic N) is 2. The molecule has 0 aliphatic heterocycles. The molecule has 0 spiro atoms. The standard InChI is InChI=1S/C12H23N3OS/c1-5-15(6-7-16-4)12-14-11(9-17-12)8-13-10(2)3/h9-10,13H,5-8H2,1-4H3. The highest BCUT2D eigenvalue weighted by atomic mass is 32.1. The largest absolute Gasteiger partial charge is 0.383 e. The molecule has 5 heteroatoms. The average molecular weight is 257 g/mol. The molecule has 17 heavy (non-hydrogen) atoms. The average Bonchev–Trinajstić information content (AvgIpc) is 2.76. The van der Waals surface area contributed by atoms with Crippen LogP contribution >= 0.6 is 11.3 Å². The van der Waals surface area contributed by atoms with E-state index in [1.807, 2.05) is 0 Å². The van der Waals surface area contributed by atoms with E-state index in [-0.39, 0.29) is 0 Å². The Balaban J connectivity index is 2.52. The van der Waals surface area contributed by atoms with Gasteiger partial charge < -0.3 is 15.0 Å². The summed E-state index contributed by atoms with van der Waals surface area (Å²) in [6, 6.07) is 0.496. The Kier molecular flexibility index (Phi) is 6.47. The van der Waals surface area contributed by atoms with Crippen LogP contribution in [0.5, 0.6) is 0 Å². The van der Waals surface area contributed by atoms with Crippen molar-refractivity contribution in [3.8, 4) is 0 Å². The van der Waals surface area contributed by atoms with Gasteiger partial charge in [0, 0.05) is 38.2 Å². The molecule has 0 aliphatic rings. The first-order valence-corrected chi connectivity index (χ1v) is 6.97. The van der Waals surface area contributed by atoms with Crippen LogP contribution in [0.1, 0.15) is 26.5 Å². The van der Waals surface area contributed by atoms with Crippen molar-refractivity contribution in [2.45, 2.75) is 33.4 Å². The van der Waals surface area contributed by atoms with E-state index in [2.05, 4.69) is 41.4 Å². The highest BCUT2D eigenvalue weighted by molar-refractivity contribution is 7.13. The molecule has 1 aromatic heterocycles. The van der Waals surface area contributed by atoms with Crippen LogP contribution < -0.4 is 10.2 Å². The molecule has 0 amide bonds. The van der Waals surface area contributed by atoms with Gasteiger partial charge in [0.05, 0.1) is 12.3 Å². The number of nitrogens with one attached hydrogen (secondary N) is 1.